The van der Waals surface area contributed by atoms with E-state index in [2.05, 4.69) is 0 Å². The maximum atomic E-state index is 9.58. The molecule has 2 aromatic rings. The standard InChI is InChI=1S/C16H16Cl2O3/c1-10(19)12-4-6-15(16(8-12)20-2)21-9-11-3-5-13(17)14(18)7-11/h3-8,10,19H,9H2,1-2H3. The Labute approximate surface area is 134 Å². The lowest BCUT2D eigenvalue weighted by molar-refractivity contribution is 0.198. The third-order valence-corrected chi connectivity index (χ3v) is 3.79. The Hall–Kier alpha value is -1.42. The van der Waals surface area contributed by atoms with E-state index in [-0.39, 0.29) is 0 Å². The highest BCUT2D eigenvalue weighted by molar-refractivity contribution is 6.42. The lowest BCUT2D eigenvalue weighted by atomic mass is 10.1. The number of ether oxygens (including phenoxy) is 2. The Morgan fingerprint density at radius 3 is 2.43 bits per heavy atom. The number of hydrogen-bond acceptors (Lipinski definition) is 3. The molecule has 0 heterocycles. The van der Waals surface area contributed by atoms with Crippen molar-refractivity contribution in [2.75, 3.05) is 7.11 Å². The van der Waals surface area contributed by atoms with Crippen molar-refractivity contribution in [2.45, 2.75) is 19.6 Å². The van der Waals surface area contributed by atoms with Gasteiger partial charge in [0.25, 0.3) is 0 Å². The van der Waals surface area contributed by atoms with Crippen LogP contribution in [-0.4, -0.2) is 12.2 Å². The van der Waals surface area contributed by atoms with E-state index in [1.807, 2.05) is 6.07 Å². The fraction of sp³-hybridized carbons (Fsp3) is 0.250. The summed E-state index contributed by atoms with van der Waals surface area (Å²) in [5.74, 6) is 1.18. The molecule has 0 saturated carbocycles. The Balaban J connectivity index is 2.13. The van der Waals surface area contributed by atoms with Gasteiger partial charge >= 0.3 is 0 Å². The second-order valence-electron chi connectivity index (χ2n) is 4.62. The van der Waals surface area contributed by atoms with Crippen LogP contribution in [0.2, 0.25) is 10.0 Å². The van der Waals surface area contributed by atoms with Crippen LogP contribution in [0.25, 0.3) is 0 Å². The Kier molecular flexibility index (Phi) is 5.34. The zero-order chi connectivity index (χ0) is 15.4. The van der Waals surface area contributed by atoms with Gasteiger partial charge in [-0.3, -0.25) is 0 Å². The minimum absolute atomic E-state index is 0.348. The van der Waals surface area contributed by atoms with Crippen LogP contribution in [0.5, 0.6) is 11.5 Å². The van der Waals surface area contributed by atoms with E-state index in [1.165, 1.54) is 0 Å². The molecule has 1 N–H and O–H groups in total. The Bertz CT molecular complexity index is 627. The van der Waals surface area contributed by atoms with Crippen LogP contribution in [0.4, 0.5) is 0 Å². The maximum absolute atomic E-state index is 9.58. The summed E-state index contributed by atoms with van der Waals surface area (Å²) >= 11 is 11.8. The number of hydrogen-bond donors (Lipinski definition) is 1. The van der Waals surface area contributed by atoms with Crippen LogP contribution in [0.3, 0.4) is 0 Å². The van der Waals surface area contributed by atoms with Crippen molar-refractivity contribution in [3.63, 3.8) is 0 Å². The molecule has 0 aliphatic heterocycles. The van der Waals surface area contributed by atoms with Gasteiger partial charge in [-0.1, -0.05) is 35.3 Å². The molecule has 0 fully saturated rings. The van der Waals surface area contributed by atoms with Crippen molar-refractivity contribution in [3.8, 4) is 11.5 Å². The second kappa shape index (κ2) is 7.03. The molecule has 0 aromatic heterocycles. The van der Waals surface area contributed by atoms with E-state index in [9.17, 15) is 5.11 Å². The smallest absolute Gasteiger partial charge is 0.161 e. The van der Waals surface area contributed by atoms with E-state index in [0.29, 0.717) is 28.2 Å². The van der Waals surface area contributed by atoms with Gasteiger partial charge in [-0.15, -0.1) is 0 Å². The molecule has 2 rings (SSSR count). The van der Waals surface area contributed by atoms with Gasteiger partial charge in [0.1, 0.15) is 6.61 Å². The van der Waals surface area contributed by atoms with E-state index in [1.54, 1.807) is 44.4 Å². The second-order valence-corrected chi connectivity index (χ2v) is 5.44. The number of rotatable bonds is 5. The predicted molar refractivity (Wildman–Crippen MR) is 84.4 cm³/mol. The van der Waals surface area contributed by atoms with E-state index < -0.39 is 6.10 Å². The molecule has 0 radical (unpaired) electrons. The van der Waals surface area contributed by atoms with Gasteiger partial charge in [-0.25, -0.2) is 0 Å². The molecule has 2 aromatic carbocycles. The number of aliphatic hydroxyl groups excluding tert-OH is 1. The summed E-state index contributed by atoms with van der Waals surface area (Å²) in [4.78, 5) is 0. The van der Waals surface area contributed by atoms with E-state index in [4.69, 9.17) is 32.7 Å². The first-order chi connectivity index (χ1) is 10.0. The average Bonchev–Trinajstić information content (AvgIpc) is 2.48. The normalized spacial score (nSPS) is 12.0. The first kappa shape index (κ1) is 16.0. The quantitative estimate of drug-likeness (QED) is 0.870. The van der Waals surface area contributed by atoms with Gasteiger partial charge in [0, 0.05) is 0 Å². The zero-order valence-corrected chi connectivity index (χ0v) is 13.3. The van der Waals surface area contributed by atoms with Gasteiger partial charge in [-0.2, -0.15) is 0 Å². The van der Waals surface area contributed by atoms with Crippen molar-refractivity contribution in [2.24, 2.45) is 0 Å². The Morgan fingerprint density at radius 1 is 1.05 bits per heavy atom. The van der Waals surface area contributed by atoms with Crippen LogP contribution in [0.15, 0.2) is 36.4 Å². The molecule has 0 amide bonds. The molecular weight excluding hydrogens is 311 g/mol. The molecule has 0 aliphatic carbocycles. The summed E-state index contributed by atoms with van der Waals surface area (Å²) in [6.07, 6.45) is -0.553. The van der Waals surface area contributed by atoms with Gasteiger partial charge in [0.05, 0.1) is 23.3 Å². The molecule has 3 nitrogen and oxygen atoms in total. The van der Waals surface area contributed by atoms with Crippen LogP contribution in [-0.2, 0) is 6.61 Å². The minimum atomic E-state index is -0.553. The van der Waals surface area contributed by atoms with Crippen molar-refractivity contribution in [1.82, 2.24) is 0 Å². The summed E-state index contributed by atoms with van der Waals surface area (Å²) in [5, 5.41) is 10.6. The molecule has 0 spiro atoms. The number of aliphatic hydroxyl groups is 1. The molecule has 5 heteroatoms. The maximum Gasteiger partial charge on any atom is 0.161 e. The first-order valence-electron chi connectivity index (χ1n) is 6.44. The van der Waals surface area contributed by atoms with Gasteiger partial charge in [-0.05, 0) is 42.3 Å². The largest absolute Gasteiger partial charge is 0.493 e. The molecule has 0 saturated heterocycles. The fourth-order valence-electron chi connectivity index (χ4n) is 1.85. The summed E-state index contributed by atoms with van der Waals surface area (Å²) < 4.78 is 11.0. The van der Waals surface area contributed by atoms with Crippen LogP contribution >= 0.6 is 23.2 Å². The van der Waals surface area contributed by atoms with Crippen molar-refractivity contribution >= 4 is 23.2 Å². The molecule has 0 bridgehead atoms. The van der Waals surface area contributed by atoms with Gasteiger partial charge < -0.3 is 14.6 Å². The van der Waals surface area contributed by atoms with Crippen LogP contribution < -0.4 is 9.47 Å². The van der Waals surface area contributed by atoms with Crippen LogP contribution in [0.1, 0.15) is 24.2 Å². The van der Waals surface area contributed by atoms with Crippen LogP contribution in [0, 0.1) is 0 Å². The lowest BCUT2D eigenvalue weighted by Crippen LogP contribution is -1.99. The first-order valence-corrected chi connectivity index (χ1v) is 7.19. The number of halogens is 2. The SMILES string of the molecule is COc1cc(C(C)O)ccc1OCc1ccc(Cl)c(Cl)c1. The predicted octanol–water partition coefficient (Wildman–Crippen LogP) is 4.63. The van der Waals surface area contributed by atoms with Crippen molar-refractivity contribution in [3.05, 3.63) is 57.6 Å². The molecule has 0 aliphatic rings. The molecule has 1 atom stereocenters. The highest BCUT2D eigenvalue weighted by Crippen LogP contribution is 2.31. The topological polar surface area (TPSA) is 38.7 Å². The van der Waals surface area contributed by atoms with Gasteiger partial charge in [0.2, 0.25) is 0 Å². The van der Waals surface area contributed by atoms with Crippen molar-refractivity contribution < 1.29 is 14.6 Å². The average molecular weight is 327 g/mol. The highest BCUT2D eigenvalue weighted by atomic mass is 35.5. The summed E-state index contributed by atoms with van der Waals surface area (Å²) in [7, 11) is 1.56. The van der Waals surface area contributed by atoms with E-state index >= 15 is 0 Å². The third-order valence-electron chi connectivity index (χ3n) is 3.05. The molecule has 21 heavy (non-hydrogen) atoms. The number of methoxy groups -OCH3 is 1. The summed E-state index contributed by atoms with van der Waals surface area (Å²) in [5.41, 5.74) is 1.68. The fourth-order valence-corrected chi connectivity index (χ4v) is 2.17. The van der Waals surface area contributed by atoms with Gasteiger partial charge in [0.15, 0.2) is 11.5 Å². The third kappa shape index (κ3) is 4.03. The van der Waals surface area contributed by atoms with Crippen molar-refractivity contribution in [1.29, 1.82) is 0 Å². The minimum Gasteiger partial charge on any atom is -0.493 e. The molecular formula is C16H16Cl2O3. The molecule has 1 unspecified atom stereocenters. The highest BCUT2D eigenvalue weighted by Gasteiger charge is 2.09. The zero-order valence-electron chi connectivity index (χ0n) is 11.8. The summed E-state index contributed by atoms with van der Waals surface area (Å²) in [6, 6.07) is 10.7. The summed E-state index contributed by atoms with van der Waals surface area (Å²) in [6.45, 7) is 2.05. The number of benzene rings is 2. The monoisotopic (exact) mass is 326 g/mol. The lowest BCUT2D eigenvalue weighted by Gasteiger charge is -2.13. The molecule has 112 valence electrons. The Morgan fingerprint density at radius 2 is 1.81 bits per heavy atom. The van der Waals surface area contributed by atoms with E-state index in [0.717, 1.165) is 11.1 Å².